The molecule has 1 aliphatic carbocycles. The highest BCUT2D eigenvalue weighted by molar-refractivity contribution is 5.88. The Kier molecular flexibility index (Phi) is 4.13. The molecule has 0 spiro atoms. The van der Waals surface area contributed by atoms with Gasteiger partial charge in [0, 0.05) is 6.54 Å². The van der Waals surface area contributed by atoms with Crippen LogP contribution in [0.2, 0.25) is 0 Å². The van der Waals surface area contributed by atoms with E-state index in [1.54, 1.807) is 0 Å². The number of carbonyl (C=O) groups excluding carboxylic acids is 1. The summed E-state index contributed by atoms with van der Waals surface area (Å²) in [4.78, 5) is 23.9. The average Bonchev–Trinajstić information content (AvgIpc) is 2.78. The fourth-order valence-corrected chi connectivity index (χ4v) is 3.14. The Bertz CT molecular complexity index is 362. The van der Waals surface area contributed by atoms with Crippen LogP contribution in [0.3, 0.4) is 0 Å². The van der Waals surface area contributed by atoms with Crippen molar-refractivity contribution in [1.29, 1.82) is 0 Å². The Morgan fingerprint density at radius 3 is 2.32 bits per heavy atom. The molecule has 1 aliphatic heterocycles. The number of carboxylic acid groups (broad SMARTS) is 1. The molecule has 0 radical (unpaired) electrons. The zero-order valence-corrected chi connectivity index (χ0v) is 11.7. The Morgan fingerprint density at radius 1 is 1.21 bits per heavy atom. The first-order valence-electron chi connectivity index (χ1n) is 7.21. The number of rotatable bonds is 3. The molecule has 2 aliphatic rings. The summed E-state index contributed by atoms with van der Waals surface area (Å²) in [6.45, 7) is 5.64. The van der Waals surface area contributed by atoms with Crippen molar-refractivity contribution in [2.45, 2.75) is 45.1 Å². The van der Waals surface area contributed by atoms with Crippen molar-refractivity contribution < 1.29 is 14.7 Å². The Balaban J connectivity index is 2.04. The van der Waals surface area contributed by atoms with Gasteiger partial charge >= 0.3 is 5.97 Å². The third-order valence-corrected chi connectivity index (χ3v) is 4.75. The standard InChI is InChI=1S/C14H24N2O3/c1-9-3-5-14(6-4-9,13(18)19)16-12(17)11-8-15-7-10(11)2/h9-11,15H,3-8H2,1-2H3,(H,16,17)(H,18,19). The minimum atomic E-state index is -1.04. The fourth-order valence-electron chi connectivity index (χ4n) is 3.14. The second-order valence-electron chi connectivity index (χ2n) is 6.30. The third kappa shape index (κ3) is 2.91. The van der Waals surface area contributed by atoms with Gasteiger partial charge in [0.15, 0.2) is 0 Å². The molecule has 1 saturated heterocycles. The summed E-state index contributed by atoms with van der Waals surface area (Å²) in [5, 5.41) is 15.5. The van der Waals surface area contributed by atoms with E-state index in [0.717, 1.165) is 19.4 Å². The molecule has 2 fully saturated rings. The van der Waals surface area contributed by atoms with E-state index in [9.17, 15) is 14.7 Å². The minimum absolute atomic E-state index is 0.101. The van der Waals surface area contributed by atoms with Gasteiger partial charge in [-0.3, -0.25) is 4.79 Å². The topological polar surface area (TPSA) is 78.4 Å². The third-order valence-electron chi connectivity index (χ3n) is 4.75. The van der Waals surface area contributed by atoms with Crippen molar-refractivity contribution in [1.82, 2.24) is 10.6 Å². The van der Waals surface area contributed by atoms with Crippen LogP contribution in [-0.2, 0) is 9.59 Å². The summed E-state index contributed by atoms with van der Waals surface area (Å²) in [6, 6.07) is 0. The normalized spacial score (nSPS) is 38.9. The van der Waals surface area contributed by atoms with E-state index in [-0.39, 0.29) is 17.7 Å². The molecule has 2 atom stereocenters. The van der Waals surface area contributed by atoms with Gasteiger partial charge in [0.05, 0.1) is 5.92 Å². The van der Waals surface area contributed by atoms with Crippen LogP contribution >= 0.6 is 0 Å². The van der Waals surface area contributed by atoms with Gasteiger partial charge in [0.1, 0.15) is 5.54 Å². The minimum Gasteiger partial charge on any atom is -0.480 e. The monoisotopic (exact) mass is 268 g/mol. The van der Waals surface area contributed by atoms with Crippen molar-refractivity contribution in [2.24, 2.45) is 17.8 Å². The molecule has 0 aromatic heterocycles. The maximum atomic E-state index is 12.3. The first-order valence-corrected chi connectivity index (χ1v) is 7.21. The van der Waals surface area contributed by atoms with E-state index in [1.165, 1.54) is 0 Å². The lowest BCUT2D eigenvalue weighted by Gasteiger charge is -2.37. The fraction of sp³-hybridized carbons (Fsp3) is 0.857. The molecule has 2 rings (SSSR count). The van der Waals surface area contributed by atoms with Gasteiger partial charge in [-0.2, -0.15) is 0 Å². The quantitative estimate of drug-likeness (QED) is 0.713. The number of hydrogen-bond acceptors (Lipinski definition) is 3. The first-order chi connectivity index (χ1) is 8.94. The molecule has 0 bridgehead atoms. The van der Waals surface area contributed by atoms with E-state index >= 15 is 0 Å². The van der Waals surface area contributed by atoms with Crippen LogP contribution in [-0.4, -0.2) is 35.6 Å². The Labute approximate surface area is 114 Å². The molecule has 0 aromatic rings. The number of carboxylic acids is 1. The van der Waals surface area contributed by atoms with Crippen molar-refractivity contribution in [2.75, 3.05) is 13.1 Å². The van der Waals surface area contributed by atoms with Gasteiger partial charge in [0.25, 0.3) is 0 Å². The summed E-state index contributed by atoms with van der Waals surface area (Å²) in [6.07, 6.45) is 2.82. The molecule has 1 amide bonds. The molecule has 108 valence electrons. The second kappa shape index (κ2) is 5.49. The van der Waals surface area contributed by atoms with E-state index in [1.807, 2.05) is 6.92 Å². The zero-order chi connectivity index (χ0) is 14.0. The average molecular weight is 268 g/mol. The van der Waals surface area contributed by atoms with Crippen molar-refractivity contribution in [3.8, 4) is 0 Å². The Morgan fingerprint density at radius 2 is 1.84 bits per heavy atom. The molecule has 19 heavy (non-hydrogen) atoms. The SMILES string of the molecule is CC1CCC(NC(=O)C2CNCC2C)(C(=O)O)CC1. The van der Waals surface area contributed by atoms with Crippen molar-refractivity contribution in [3.05, 3.63) is 0 Å². The van der Waals surface area contributed by atoms with E-state index in [0.29, 0.717) is 25.3 Å². The van der Waals surface area contributed by atoms with Gasteiger partial charge in [-0.25, -0.2) is 4.79 Å². The molecule has 5 nitrogen and oxygen atoms in total. The number of hydrogen-bond donors (Lipinski definition) is 3. The summed E-state index contributed by atoms with van der Waals surface area (Å²) in [5.41, 5.74) is -1.04. The lowest BCUT2D eigenvalue weighted by Crippen LogP contribution is -2.58. The molecule has 0 aromatic carbocycles. The van der Waals surface area contributed by atoms with Gasteiger partial charge in [-0.15, -0.1) is 0 Å². The Hall–Kier alpha value is -1.10. The number of amides is 1. The van der Waals surface area contributed by atoms with Crippen molar-refractivity contribution >= 4 is 11.9 Å². The molecule has 3 N–H and O–H groups in total. The highest BCUT2D eigenvalue weighted by Gasteiger charge is 2.44. The highest BCUT2D eigenvalue weighted by Crippen LogP contribution is 2.33. The van der Waals surface area contributed by atoms with E-state index in [2.05, 4.69) is 17.6 Å². The van der Waals surface area contributed by atoms with Crippen LogP contribution in [0.25, 0.3) is 0 Å². The second-order valence-corrected chi connectivity index (χ2v) is 6.30. The highest BCUT2D eigenvalue weighted by atomic mass is 16.4. The smallest absolute Gasteiger partial charge is 0.329 e. The van der Waals surface area contributed by atoms with E-state index < -0.39 is 11.5 Å². The van der Waals surface area contributed by atoms with Gasteiger partial charge in [-0.1, -0.05) is 13.8 Å². The summed E-state index contributed by atoms with van der Waals surface area (Å²) < 4.78 is 0. The zero-order valence-electron chi connectivity index (χ0n) is 11.7. The van der Waals surface area contributed by atoms with Crippen LogP contribution in [0.5, 0.6) is 0 Å². The van der Waals surface area contributed by atoms with Gasteiger partial charge in [-0.05, 0) is 44.1 Å². The lowest BCUT2D eigenvalue weighted by atomic mass is 9.76. The van der Waals surface area contributed by atoms with Crippen LogP contribution in [0.15, 0.2) is 0 Å². The number of nitrogens with one attached hydrogen (secondary N) is 2. The summed E-state index contributed by atoms with van der Waals surface area (Å²) >= 11 is 0. The number of carbonyl (C=O) groups is 2. The first kappa shape index (κ1) is 14.3. The van der Waals surface area contributed by atoms with Crippen LogP contribution in [0, 0.1) is 17.8 Å². The molecule has 2 unspecified atom stereocenters. The molecular weight excluding hydrogens is 244 g/mol. The molecular formula is C14H24N2O3. The van der Waals surface area contributed by atoms with Gasteiger partial charge < -0.3 is 15.7 Å². The summed E-state index contributed by atoms with van der Waals surface area (Å²) in [7, 11) is 0. The molecule has 1 heterocycles. The van der Waals surface area contributed by atoms with Crippen molar-refractivity contribution in [3.63, 3.8) is 0 Å². The van der Waals surface area contributed by atoms with Crippen LogP contribution in [0.1, 0.15) is 39.5 Å². The molecule has 5 heteroatoms. The van der Waals surface area contributed by atoms with Gasteiger partial charge in [0.2, 0.25) is 5.91 Å². The van der Waals surface area contributed by atoms with Crippen LogP contribution in [0.4, 0.5) is 0 Å². The summed E-state index contributed by atoms with van der Waals surface area (Å²) in [5.74, 6) is -0.263. The maximum absolute atomic E-state index is 12.3. The maximum Gasteiger partial charge on any atom is 0.329 e. The molecule has 1 saturated carbocycles. The largest absolute Gasteiger partial charge is 0.480 e. The van der Waals surface area contributed by atoms with Crippen LogP contribution < -0.4 is 10.6 Å². The lowest BCUT2D eigenvalue weighted by molar-refractivity contribution is -0.150. The predicted octanol–water partition coefficient (Wildman–Crippen LogP) is 0.992. The number of aliphatic carboxylic acids is 1. The van der Waals surface area contributed by atoms with E-state index in [4.69, 9.17) is 0 Å². The predicted molar refractivity (Wildman–Crippen MR) is 71.7 cm³/mol.